The van der Waals surface area contributed by atoms with Crippen LogP contribution in [0.25, 0.3) is 11.0 Å². The van der Waals surface area contributed by atoms with E-state index in [0.717, 1.165) is 31.1 Å². The van der Waals surface area contributed by atoms with E-state index in [2.05, 4.69) is 34.1 Å². The van der Waals surface area contributed by atoms with E-state index >= 15 is 0 Å². The molecule has 1 aromatic carbocycles. The van der Waals surface area contributed by atoms with Crippen LogP contribution in [0.3, 0.4) is 0 Å². The van der Waals surface area contributed by atoms with Crippen LogP contribution in [0, 0.1) is 0 Å². The Morgan fingerprint density at radius 2 is 2.17 bits per heavy atom. The van der Waals surface area contributed by atoms with Gasteiger partial charge in [0.05, 0.1) is 30.3 Å². The van der Waals surface area contributed by atoms with Crippen LogP contribution in [0.15, 0.2) is 24.3 Å². The van der Waals surface area contributed by atoms with Gasteiger partial charge in [0.1, 0.15) is 5.82 Å². The molecule has 1 aromatic heterocycles. The average molecular weight is 243 g/mol. The van der Waals surface area contributed by atoms with Gasteiger partial charge in [-0.3, -0.25) is 0 Å². The first-order valence-electron chi connectivity index (χ1n) is 6.71. The minimum absolute atomic E-state index is 0.242. The Morgan fingerprint density at radius 1 is 1.28 bits per heavy atom. The number of nitrogens with zero attached hydrogens (tertiary/aromatic N) is 2. The third-order valence-corrected chi connectivity index (χ3v) is 3.77. The van der Waals surface area contributed by atoms with Crippen molar-refractivity contribution in [2.75, 3.05) is 19.8 Å². The number of hydrogen-bond donors (Lipinski definition) is 1. The topological polar surface area (TPSA) is 39.1 Å². The largest absolute Gasteiger partial charge is 0.378 e. The van der Waals surface area contributed by atoms with Crippen molar-refractivity contribution < 1.29 is 4.74 Å². The van der Waals surface area contributed by atoms with Crippen LogP contribution in [-0.4, -0.2) is 29.3 Å². The molecule has 1 saturated heterocycles. The van der Waals surface area contributed by atoms with Gasteiger partial charge in [0, 0.05) is 12.6 Å². The Kier molecular flexibility index (Phi) is 2.38. The van der Waals surface area contributed by atoms with Crippen molar-refractivity contribution in [3.8, 4) is 0 Å². The van der Waals surface area contributed by atoms with E-state index in [4.69, 9.17) is 9.72 Å². The van der Waals surface area contributed by atoms with Gasteiger partial charge in [0.2, 0.25) is 0 Å². The van der Waals surface area contributed by atoms with Gasteiger partial charge < -0.3 is 14.6 Å². The standard InChI is InChI=1S/C14H17N3O/c1-2-4-13-11(3-1)16-14(17(13)10-5-6-10)12-9-18-8-7-15-12/h1-4,10,12,15H,5-9H2. The predicted octanol–water partition coefficient (Wildman–Crippen LogP) is 2.03. The molecular weight excluding hydrogens is 226 g/mol. The van der Waals surface area contributed by atoms with E-state index in [-0.39, 0.29) is 6.04 Å². The second kappa shape index (κ2) is 4.07. The molecule has 0 bridgehead atoms. The highest BCUT2D eigenvalue weighted by Crippen LogP contribution is 2.40. The van der Waals surface area contributed by atoms with Crippen molar-refractivity contribution in [2.24, 2.45) is 0 Å². The maximum atomic E-state index is 5.57. The monoisotopic (exact) mass is 243 g/mol. The Balaban J connectivity index is 1.84. The average Bonchev–Trinajstić information content (AvgIpc) is 3.19. The van der Waals surface area contributed by atoms with Gasteiger partial charge in [-0.15, -0.1) is 0 Å². The van der Waals surface area contributed by atoms with Crippen molar-refractivity contribution >= 4 is 11.0 Å². The molecular formula is C14H17N3O. The zero-order valence-electron chi connectivity index (χ0n) is 10.3. The maximum Gasteiger partial charge on any atom is 0.129 e. The summed E-state index contributed by atoms with van der Waals surface area (Å²) < 4.78 is 7.99. The van der Waals surface area contributed by atoms with E-state index < -0.39 is 0 Å². The number of benzene rings is 1. The molecule has 0 radical (unpaired) electrons. The van der Waals surface area contributed by atoms with Gasteiger partial charge in [-0.05, 0) is 25.0 Å². The first-order chi connectivity index (χ1) is 8.93. The minimum atomic E-state index is 0.242. The Labute approximate surface area is 106 Å². The highest BCUT2D eigenvalue weighted by molar-refractivity contribution is 5.76. The van der Waals surface area contributed by atoms with E-state index in [9.17, 15) is 0 Å². The number of rotatable bonds is 2. The lowest BCUT2D eigenvalue weighted by Gasteiger charge is -2.24. The van der Waals surface area contributed by atoms with Crippen LogP contribution in [-0.2, 0) is 4.74 Å². The fourth-order valence-electron chi connectivity index (χ4n) is 2.76. The van der Waals surface area contributed by atoms with Gasteiger partial charge in [-0.2, -0.15) is 0 Å². The summed E-state index contributed by atoms with van der Waals surface area (Å²) in [4.78, 5) is 4.82. The number of aromatic nitrogens is 2. The molecule has 1 aliphatic carbocycles. The lowest BCUT2D eigenvalue weighted by molar-refractivity contribution is 0.0732. The summed E-state index contributed by atoms with van der Waals surface area (Å²) in [6, 6.07) is 9.32. The van der Waals surface area contributed by atoms with Gasteiger partial charge in [-0.1, -0.05) is 12.1 Å². The van der Waals surface area contributed by atoms with Crippen molar-refractivity contribution in [1.29, 1.82) is 0 Å². The van der Waals surface area contributed by atoms with Crippen molar-refractivity contribution in [2.45, 2.75) is 24.9 Å². The van der Waals surface area contributed by atoms with Crippen molar-refractivity contribution in [1.82, 2.24) is 14.9 Å². The van der Waals surface area contributed by atoms with Crippen LogP contribution in [0.4, 0.5) is 0 Å². The lowest BCUT2D eigenvalue weighted by atomic mass is 10.2. The molecule has 2 heterocycles. The molecule has 2 fully saturated rings. The highest BCUT2D eigenvalue weighted by atomic mass is 16.5. The minimum Gasteiger partial charge on any atom is -0.378 e. The molecule has 4 nitrogen and oxygen atoms in total. The highest BCUT2D eigenvalue weighted by Gasteiger charge is 2.31. The second-order valence-electron chi connectivity index (χ2n) is 5.14. The molecule has 4 heteroatoms. The van der Waals surface area contributed by atoms with Gasteiger partial charge in [-0.25, -0.2) is 4.98 Å². The van der Waals surface area contributed by atoms with Gasteiger partial charge in [0.15, 0.2) is 0 Å². The first-order valence-corrected chi connectivity index (χ1v) is 6.71. The molecule has 2 aliphatic rings. The fourth-order valence-corrected chi connectivity index (χ4v) is 2.76. The Bertz CT molecular complexity index is 567. The normalized spacial score (nSPS) is 24.6. The lowest BCUT2D eigenvalue weighted by Crippen LogP contribution is -2.36. The number of morpholine rings is 1. The number of imidazole rings is 1. The number of nitrogens with one attached hydrogen (secondary N) is 1. The quantitative estimate of drug-likeness (QED) is 0.877. The van der Waals surface area contributed by atoms with Crippen LogP contribution >= 0.6 is 0 Å². The van der Waals surface area contributed by atoms with E-state index in [1.54, 1.807) is 0 Å². The summed E-state index contributed by atoms with van der Waals surface area (Å²) >= 11 is 0. The first kappa shape index (κ1) is 10.5. The number of ether oxygens (including phenoxy) is 1. The summed E-state index contributed by atoms with van der Waals surface area (Å²) in [7, 11) is 0. The molecule has 0 amide bonds. The molecule has 1 aliphatic heterocycles. The van der Waals surface area contributed by atoms with Gasteiger partial charge >= 0.3 is 0 Å². The molecule has 0 spiro atoms. The molecule has 1 unspecified atom stereocenters. The zero-order chi connectivity index (χ0) is 11.9. The van der Waals surface area contributed by atoms with Gasteiger partial charge in [0.25, 0.3) is 0 Å². The van der Waals surface area contributed by atoms with E-state index in [1.165, 1.54) is 18.4 Å². The predicted molar refractivity (Wildman–Crippen MR) is 69.6 cm³/mol. The molecule has 94 valence electrons. The third kappa shape index (κ3) is 1.64. The van der Waals surface area contributed by atoms with E-state index in [0.29, 0.717) is 6.04 Å². The van der Waals surface area contributed by atoms with E-state index in [1.807, 2.05) is 0 Å². The van der Waals surface area contributed by atoms with Crippen molar-refractivity contribution in [3.05, 3.63) is 30.1 Å². The Hall–Kier alpha value is -1.39. The third-order valence-electron chi connectivity index (χ3n) is 3.77. The van der Waals surface area contributed by atoms with Crippen LogP contribution in [0.2, 0.25) is 0 Å². The smallest absolute Gasteiger partial charge is 0.129 e. The molecule has 4 rings (SSSR count). The zero-order valence-corrected chi connectivity index (χ0v) is 10.3. The van der Waals surface area contributed by atoms with Crippen LogP contribution in [0.1, 0.15) is 30.7 Å². The summed E-state index contributed by atoms with van der Waals surface area (Å²) in [5.41, 5.74) is 2.37. The molecule has 1 atom stereocenters. The SMILES string of the molecule is c1ccc2c(c1)nc(C1COCCN1)n2C1CC1. The molecule has 1 N–H and O–H groups in total. The number of fused-ring (bicyclic) bond motifs is 1. The Morgan fingerprint density at radius 3 is 2.94 bits per heavy atom. The summed E-state index contributed by atoms with van der Waals surface area (Å²) in [5, 5.41) is 3.51. The van der Waals surface area contributed by atoms with Crippen LogP contribution < -0.4 is 5.32 Å². The number of hydrogen-bond acceptors (Lipinski definition) is 3. The summed E-state index contributed by atoms with van der Waals surface area (Å²) in [6.07, 6.45) is 2.56. The summed E-state index contributed by atoms with van der Waals surface area (Å²) in [6.45, 7) is 2.45. The maximum absolute atomic E-state index is 5.57. The molecule has 1 saturated carbocycles. The fraction of sp³-hybridized carbons (Fsp3) is 0.500. The number of para-hydroxylation sites is 2. The summed E-state index contributed by atoms with van der Waals surface area (Å²) in [5.74, 6) is 1.15. The second-order valence-corrected chi connectivity index (χ2v) is 5.14. The molecule has 2 aromatic rings. The van der Waals surface area contributed by atoms with Crippen LogP contribution in [0.5, 0.6) is 0 Å². The van der Waals surface area contributed by atoms with Crippen molar-refractivity contribution in [3.63, 3.8) is 0 Å². The molecule has 18 heavy (non-hydrogen) atoms.